The van der Waals surface area contributed by atoms with Gasteiger partial charge in [0.2, 0.25) is 5.91 Å². The summed E-state index contributed by atoms with van der Waals surface area (Å²) in [6.45, 7) is 1.45. The number of amides is 1. The zero-order valence-electron chi connectivity index (χ0n) is 15.0. The Hall–Kier alpha value is -3.19. The lowest BCUT2D eigenvalue weighted by Crippen LogP contribution is -2.28. The van der Waals surface area contributed by atoms with Crippen LogP contribution in [0.2, 0.25) is 0 Å². The minimum absolute atomic E-state index is 0.0197. The lowest BCUT2D eigenvalue weighted by molar-refractivity contribution is -0.119. The van der Waals surface area contributed by atoms with Crippen molar-refractivity contribution in [2.24, 2.45) is 5.92 Å². The van der Waals surface area contributed by atoms with Gasteiger partial charge in [0.05, 0.1) is 31.1 Å². The van der Waals surface area contributed by atoms with Crippen molar-refractivity contribution < 1.29 is 9.53 Å². The van der Waals surface area contributed by atoms with E-state index in [9.17, 15) is 4.79 Å². The number of benzene rings is 1. The molecular weight excluding hydrogens is 342 g/mol. The van der Waals surface area contributed by atoms with E-state index in [2.05, 4.69) is 37.9 Å². The Kier molecular flexibility index (Phi) is 4.84. The van der Waals surface area contributed by atoms with Crippen LogP contribution in [0.25, 0.3) is 11.3 Å². The molecule has 3 aromatic rings. The maximum Gasteiger partial charge on any atom is 0.229 e. The Morgan fingerprint density at radius 2 is 2.07 bits per heavy atom. The van der Waals surface area contributed by atoms with Crippen LogP contribution in [0.3, 0.4) is 0 Å². The number of methoxy groups -OCH3 is 1. The zero-order valence-corrected chi connectivity index (χ0v) is 15.0. The lowest BCUT2D eigenvalue weighted by atomic mass is 9.88. The van der Waals surface area contributed by atoms with Crippen LogP contribution in [0, 0.1) is 5.92 Å². The molecule has 2 aromatic heterocycles. The Morgan fingerprint density at radius 3 is 2.81 bits per heavy atom. The third-order valence-electron chi connectivity index (χ3n) is 4.89. The smallest absolute Gasteiger partial charge is 0.229 e. The van der Waals surface area contributed by atoms with Gasteiger partial charge in [-0.3, -0.25) is 14.9 Å². The van der Waals surface area contributed by atoms with Crippen LogP contribution in [-0.2, 0) is 4.79 Å². The van der Waals surface area contributed by atoms with Crippen LogP contribution in [0.1, 0.15) is 11.5 Å². The molecule has 1 aromatic carbocycles. The second-order valence-electron chi connectivity index (χ2n) is 6.53. The quantitative estimate of drug-likeness (QED) is 0.647. The van der Waals surface area contributed by atoms with Gasteiger partial charge in [0.1, 0.15) is 11.4 Å². The van der Waals surface area contributed by atoms with Crippen LogP contribution in [0.4, 0.5) is 5.69 Å². The average molecular weight is 363 g/mol. The molecule has 7 heteroatoms. The van der Waals surface area contributed by atoms with Crippen molar-refractivity contribution in [1.29, 1.82) is 0 Å². The number of aromatic amines is 1. The first-order valence-electron chi connectivity index (χ1n) is 8.86. The van der Waals surface area contributed by atoms with Crippen LogP contribution in [0.5, 0.6) is 5.75 Å². The highest BCUT2D eigenvalue weighted by Crippen LogP contribution is 2.31. The van der Waals surface area contributed by atoms with E-state index in [-0.39, 0.29) is 17.7 Å². The maximum atomic E-state index is 12.9. The van der Waals surface area contributed by atoms with E-state index in [4.69, 9.17) is 4.74 Å². The van der Waals surface area contributed by atoms with Gasteiger partial charge in [-0.15, -0.1) is 0 Å². The van der Waals surface area contributed by atoms with Gasteiger partial charge in [-0.05, 0) is 5.56 Å². The summed E-state index contributed by atoms with van der Waals surface area (Å²) in [4.78, 5) is 17.3. The molecule has 27 heavy (non-hydrogen) atoms. The van der Waals surface area contributed by atoms with Crippen molar-refractivity contribution in [3.05, 3.63) is 60.6 Å². The number of hydrogen-bond donors (Lipinski definition) is 3. The molecule has 1 aliphatic rings. The highest BCUT2D eigenvalue weighted by Gasteiger charge is 2.34. The fourth-order valence-electron chi connectivity index (χ4n) is 3.51. The largest absolute Gasteiger partial charge is 0.494 e. The van der Waals surface area contributed by atoms with Crippen LogP contribution >= 0.6 is 0 Å². The topological polar surface area (TPSA) is 91.9 Å². The van der Waals surface area contributed by atoms with Gasteiger partial charge in [-0.1, -0.05) is 30.3 Å². The number of pyridine rings is 1. The summed E-state index contributed by atoms with van der Waals surface area (Å²) in [6.07, 6.45) is 5.07. The summed E-state index contributed by atoms with van der Waals surface area (Å²) in [5.74, 6) is 0.588. The third-order valence-corrected chi connectivity index (χ3v) is 4.89. The molecule has 3 heterocycles. The molecule has 4 rings (SSSR count). The number of nitrogens with zero attached hydrogens (tertiary/aromatic N) is 2. The van der Waals surface area contributed by atoms with E-state index < -0.39 is 0 Å². The highest BCUT2D eigenvalue weighted by atomic mass is 16.5. The van der Waals surface area contributed by atoms with Crippen molar-refractivity contribution in [1.82, 2.24) is 20.5 Å². The molecule has 2 atom stereocenters. The van der Waals surface area contributed by atoms with Crippen molar-refractivity contribution in [2.75, 3.05) is 25.5 Å². The fourth-order valence-corrected chi connectivity index (χ4v) is 3.51. The molecule has 0 unspecified atom stereocenters. The van der Waals surface area contributed by atoms with Crippen molar-refractivity contribution in [3.63, 3.8) is 0 Å². The molecule has 138 valence electrons. The Bertz CT molecular complexity index is 911. The number of H-pyrrole nitrogens is 1. The first-order chi connectivity index (χ1) is 13.3. The number of carbonyl (C=O) groups excluding carboxylic acids is 1. The second-order valence-corrected chi connectivity index (χ2v) is 6.53. The number of nitrogens with one attached hydrogen (secondary N) is 3. The number of ether oxygens (including phenoxy) is 1. The van der Waals surface area contributed by atoms with Gasteiger partial charge < -0.3 is 15.4 Å². The Morgan fingerprint density at radius 1 is 1.22 bits per heavy atom. The Labute approximate surface area is 157 Å². The normalized spacial score (nSPS) is 19.0. The van der Waals surface area contributed by atoms with E-state index >= 15 is 0 Å². The minimum atomic E-state index is -0.132. The number of hydrogen-bond acceptors (Lipinski definition) is 5. The molecule has 1 amide bonds. The molecule has 0 radical (unpaired) electrons. The summed E-state index contributed by atoms with van der Waals surface area (Å²) in [6, 6.07) is 11.9. The number of rotatable bonds is 5. The van der Waals surface area contributed by atoms with Gasteiger partial charge in [0.15, 0.2) is 0 Å². The fraction of sp³-hybridized carbons (Fsp3) is 0.250. The average Bonchev–Trinajstić information content (AvgIpc) is 3.40. The molecule has 0 bridgehead atoms. The Balaban J connectivity index is 1.52. The SMILES string of the molecule is COc1cc(NC(=O)[C@@H]2CNC[C@H]2c2ccccc2)cnc1-c1cn[nH]c1. The third kappa shape index (κ3) is 3.54. The second kappa shape index (κ2) is 7.59. The van der Waals surface area contributed by atoms with E-state index in [1.54, 1.807) is 31.8 Å². The van der Waals surface area contributed by atoms with Gasteiger partial charge in [-0.2, -0.15) is 5.10 Å². The predicted molar refractivity (Wildman–Crippen MR) is 103 cm³/mol. The van der Waals surface area contributed by atoms with Gasteiger partial charge in [0, 0.05) is 36.8 Å². The minimum Gasteiger partial charge on any atom is -0.494 e. The zero-order chi connectivity index (χ0) is 18.6. The van der Waals surface area contributed by atoms with Gasteiger partial charge in [-0.25, -0.2) is 0 Å². The molecule has 0 saturated carbocycles. The van der Waals surface area contributed by atoms with Crippen LogP contribution < -0.4 is 15.4 Å². The lowest BCUT2D eigenvalue weighted by Gasteiger charge is -2.19. The predicted octanol–water partition coefficient (Wildman–Crippen LogP) is 2.42. The van der Waals surface area contributed by atoms with Crippen LogP contribution in [-0.4, -0.2) is 41.3 Å². The van der Waals surface area contributed by atoms with E-state index in [1.165, 1.54) is 5.56 Å². The summed E-state index contributed by atoms with van der Waals surface area (Å²) in [5.41, 5.74) is 3.29. The number of carbonyl (C=O) groups is 1. The van der Waals surface area contributed by atoms with E-state index in [0.29, 0.717) is 23.7 Å². The molecule has 3 N–H and O–H groups in total. The highest BCUT2D eigenvalue weighted by molar-refractivity contribution is 5.94. The standard InChI is InChI=1S/C20H21N5O2/c1-27-18-7-15(10-22-19(18)14-8-23-24-9-14)25-20(26)17-12-21-11-16(17)13-5-3-2-4-6-13/h2-10,16-17,21H,11-12H2,1H3,(H,23,24)(H,25,26)/t16-,17+/m0/s1. The maximum absolute atomic E-state index is 12.9. The van der Waals surface area contributed by atoms with E-state index in [1.807, 2.05) is 18.2 Å². The molecule has 0 spiro atoms. The number of aromatic nitrogens is 3. The van der Waals surface area contributed by atoms with Crippen molar-refractivity contribution >= 4 is 11.6 Å². The number of anilines is 1. The molecular formula is C20H21N5O2. The summed E-state index contributed by atoms with van der Waals surface area (Å²) >= 11 is 0. The molecule has 1 aliphatic heterocycles. The first-order valence-corrected chi connectivity index (χ1v) is 8.86. The van der Waals surface area contributed by atoms with Gasteiger partial charge >= 0.3 is 0 Å². The molecule has 7 nitrogen and oxygen atoms in total. The van der Waals surface area contributed by atoms with Crippen molar-refractivity contribution in [2.45, 2.75) is 5.92 Å². The molecule has 1 fully saturated rings. The van der Waals surface area contributed by atoms with Crippen LogP contribution in [0.15, 0.2) is 55.0 Å². The molecule has 1 saturated heterocycles. The van der Waals surface area contributed by atoms with Crippen molar-refractivity contribution in [3.8, 4) is 17.0 Å². The van der Waals surface area contributed by atoms with E-state index in [0.717, 1.165) is 12.1 Å². The summed E-state index contributed by atoms with van der Waals surface area (Å²) in [5, 5.41) is 13.0. The monoisotopic (exact) mass is 363 g/mol. The summed E-state index contributed by atoms with van der Waals surface area (Å²) < 4.78 is 5.44. The summed E-state index contributed by atoms with van der Waals surface area (Å²) in [7, 11) is 1.58. The first kappa shape index (κ1) is 17.2. The molecule has 0 aliphatic carbocycles. The van der Waals surface area contributed by atoms with Gasteiger partial charge in [0.25, 0.3) is 0 Å².